The van der Waals surface area contributed by atoms with Crippen LogP contribution in [0.1, 0.15) is 65.3 Å². The van der Waals surface area contributed by atoms with Crippen molar-refractivity contribution < 1.29 is 29.0 Å². The van der Waals surface area contributed by atoms with Crippen LogP contribution in [0.4, 0.5) is 5.13 Å². The summed E-state index contributed by atoms with van der Waals surface area (Å²) in [4.78, 5) is 45.3. The maximum atomic E-state index is 13.5. The third-order valence-corrected chi connectivity index (χ3v) is 7.83. The molecule has 1 fully saturated rings. The zero-order valence-corrected chi connectivity index (χ0v) is 22.4. The number of ketones is 2. The average Bonchev–Trinajstić information content (AvgIpc) is 3.54. The van der Waals surface area contributed by atoms with Crippen molar-refractivity contribution >= 4 is 39.7 Å². The van der Waals surface area contributed by atoms with E-state index >= 15 is 0 Å². The molecule has 0 unspecified atom stereocenters. The first-order chi connectivity index (χ1) is 18.2. The highest BCUT2D eigenvalue weighted by Gasteiger charge is 2.48. The predicted octanol–water partition coefficient (Wildman–Crippen LogP) is 5.39. The number of aryl methyl sites for hydroxylation is 1. The molecule has 2 aromatic carbocycles. The molecule has 3 heterocycles. The van der Waals surface area contributed by atoms with E-state index in [1.54, 1.807) is 49.4 Å². The van der Waals surface area contributed by atoms with Crippen molar-refractivity contribution in [3.8, 4) is 11.5 Å². The zero-order valence-electron chi connectivity index (χ0n) is 21.6. The van der Waals surface area contributed by atoms with Gasteiger partial charge in [0, 0.05) is 18.9 Å². The highest BCUT2D eigenvalue weighted by atomic mass is 32.1. The van der Waals surface area contributed by atoms with Crippen LogP contribution in [0.3, 0.4) is 0 Å². The van der Waals surface area contributed by atoms with Gasteiger partial charge in [0.25, 0.3) is 5.78 Å². The number of carbonyl (C=O) groups excluding carboxylic acids is 3. The summed E-state index contributed by atoms with van der Waals surface area (Å²) in [5, 5.41) is 11.7. The number of fused-ring (bicyclic) bond motifs is 1. The van der Waals surface area contributed by atoms with E-state index in [1.165, 1.54) is 11.8 Å². The molecule has 2 aliphatic heterocycles. The fourth-order valence-electron chi connectivity index (χ4n) is 4.88. The minimum absolute atomic E-state index is 0.0162. The Kier molecular flexibility index (Phi) is 6.79. The van der Waals surface area contributed by atoms with E-state index in [-0.39, 0.29) is 28.4 Å². The Hall–Kier alpha value is -3.98. The standard InChI is InChI=1S/C29H28N2O6S/c1-5-11-36-21-8-6-7-18(14-21)24-23(25(33)19-9-10-22-20(13-19)12-15(2)37-22)26(34)28(35)31(24)29-30-16(3)27(38-29)17(4)32/h6-10,13-15,24,33H,5,11-12H2,1-4H3/b25-23+/t15-,24-/m0/s1. The van der Waals surface area contributed by atoms with Crippen LogP contribution in [0, 0.1) is 6.92 Å². The SMILES string of the molecule is CCCOc1cccc([C@H]2/C(=C(\O)c3ccc4c(c3)C[C@H](C)O4)C(=O)C(=O)N2c2nc(C)c(C(C)=O)s2)c1. The molecule has 1 N–H and O–H groups in total. The molecule has 8 nitrogen and oxygen atoms in total. The number of Topliss-reactive ketones (excluding diaryl/α,β-unsaturated/α-hetero) is 2. The molecule has 3 aromatic rings. The molecule has 196 valence electrons. The van der Waals surface area contributed by atoms with Gasteiger partial charge in [-0.05, 0) is 61.7 Å². The van der Waals surface area contributed by atoms with Crippen LogP contribution in [0.5, 0.6) is 11.5 Å². The second-order valence-electron chi connectivity index (χ2n) is 9.51. The minimum Gasteiger partial charge on any atom is -0.507 e. The maximum Gasteiger partial charge on any atom is 0.301 e. The number of thiazole rings is 1. The third-order valence-electron chi connectivity index (χ3n) is 6.57. The minimum atomic E-state index is -0.964. The van der Waals surface area contributed by atoms with Gasteiger partial charge in [-0.25, -0.2) is 4.98 Å². The number of anilines is 1. The Bertz CT molecular complexity index is 1490. The van der Waals surface area contributed by atoms with E-state index in [1.807, 2.05) is 13.8 Å². The molecule has 2 atom stereocenters. The number of aliphatic hydroxyl groups is 1. The highest BCUT2D eigenvalue weighted by molar-refractivity contribution is 7.18. The van der Waals surface area contributed by atoms with Gasteiger partial charge < -0.3 is 14.6 Å². The fraction of sp³-hybridized carbons (Fsp3) is 0.310. The van der Waals surface area contributed by atoms with Crippen molar-refractivity contribution in [2.75, 3.05) is 11.5 Å². The number of aromatic nitrogens is 1. The Morgan fingerprint density at radius 1 is 1.24 bits per heavy atom. The third kappa shape index (κ3) is 4.47. The summed E-state index contributed by atoms with van der Waals surface area (Å²) in [5.41, 5.74) is 2.35. The van der Waals surface area contributed by atoms with Crippen LogP contribution in [0.2, 0.25) is 0 Å². The molecule has 9 heteroatoms. The van der Waals surface area contributed by atoms with Gasteiger partial charge in [0.1, 0.15) is 23.4 Å². The summed E-state index contributed by atoms with van der Waals surface area (Å²) in [6.07, 6.45) is 1.51. The molecule has 0 aliphatic carbocycles. The molecule has 2 aliphatic rings. The van der Waals surface area contributed by atoms with Gasteiger partial charge in [-0.3, -0.25) is 19.3 Å². The highest BCUT2D eigenvalue weighted by Crippen LogP contribution is 2.45. The van der Waals surface area contributed by atoms with Crippen molar-refractivity contribution in [2.45, 2.75) is 52.7 Å². The van der Waals surface area contributed by atoms with Crippen LogP contribution in [-0.4, -0.2) is 40.3 Å². The summed E-state index contributed by atoms with van der Waals surface area (Å²) < 4.78 is 11.6. The van der Waals surface area contributed by atoms with Gasteiger partial charge in [-0.1, -0.05) is 30.4 Å². The monoisotopic (exact) mass is 532 g/mol. The molecular weight excluding hydrogens is 504 g/mol. The van der Waals surface area contributed by atoms with E-state index in [0.717, 1.165) is 29.1 Å². The summed E-state index contributed by atoms with van der Waals surface area (Å²) >= 11 is 1.05. The number of aliphatic hydroxyl groups excluding tert-OH is 1. The van der Waals surface area contributed by atoms with Crippen molar-refractivity contribution in [3.05, 3.63) is 75.3 Å². The van der Waals surface area contributed by atoms with Crippen molar-refractivity contribution in [2.24, 2.45) is 0 Å². The molecule has 0 spiro atoms. The molecular formula is C29H28N2O6S. The lowest BCUT2D eigenvalue weighted by Crippen LogP contribution is -2.29. The molecule has 1 saturated heterocycles. The number of amides is 1. The van der Waals surface area contributed by atoms with E-state index in [4.69, 9.17) is 9.47 Å². The average molecular weight is 533 g/mol. The first-order valence-electron chi connectivity index (χ1n) is 12.5. The normalized spacial score (nSPS) is 19.9. The number of rotatable bonds is 7. The quantitative estimate of drug-likeness (QED) is 0.188. The van der Waals surface area contributed by atoms with Crippen molar-refractivity contribution in [1.29, 1.82) is 0 Å². The molecule has 1 aromatic heterocycles. The van der Waals surface area contributed by atoms with Crippen molar-refractivity contribution in [1.82, 2.24) is 4.98 Å². The predicted molar refractivity (Wildman–Crippen MR) is 144 cm³/mol. The molecule has 0 radical (unpaired) electrons. The number of carbonyl (C=O) groups is 3. The second kappa shape index (κ2) is 10.1. The Labute approximate surface area is 224 Å². The molecule has 0 saturated carbocycles. The van der Waals surface area contributed by atoms with Crippen molar-refractivity contribution in [3.63, 3.8) is 0 Å². The van der Waals surface area contributed by atoms with Crippen LogP contribution >= 0.6 is 11.3 Å². The van der Waals surface area contributed by atoms with Crippen LogP contribution < -0.4 is 14.4 Å². The number of ether oxygens (including phenoxy) is 2. The summed E-state index contributed by atoms with van der Waals surface area (Å²) in [5.74, 6) is -0.782. The van der Waals surface area contributed by atoms with E-state index in [2.05, 4.69) is 4.98 Å². The number of hydrogen-bond acceptors (Lipinski definition) is 8. The van der Waals surface area contributed by atoms with E-state index in [9.17, 15) is 19.5 Å². The number of hydrogen-bond donors (Lipinski definition) is 1. The Morgan fingerprint density at radius 2 is 2.03 bits per heavy atom. The van der Waals surface area contributed by atoms with Gasteiger partial charge in [0.15, 0.2) is 10.9 Å². The smallest absolute Gasteiger partial charge is 0.301 e. The summed E-state index contributed by atoms with van der Waals surface area (Å²) in [7, 11) is 0. The molecule has 0 bridgehead atoms. The summed E-state index contributed by atoms with van der Waals surface area (Å²) in [6, 6.07) is 11.4. The van der Waals surface area contributed by atoms with E-state index < -0.39 is 17.7 Å². The number of benzene rings is 2. The lowest BCUT2D eigenvalue weighted by Gasteiger charge is -2.23. The molecule has 1 amide bonds. The molecule has 38 heavy (non-hydrogen) atoms. The van der Waals surface area contributed by atoms with Crippen LogP contribution in [0.15, 0.2) is 48.0 Å². The van der Waals surface area contributed by atoms with Crippen LogP contribution in [0.25, 0.3) is 5.76 Å². The lowest BCUT2D eigenvalue weighted by molar-refractivity contribution is -0.132. The van der Waals surface area contributed by atoms with Gasteiger partial charge in [-0.2, -0.15) is 0 Å². The lowest BCUT2D eigenvalue weighted by atomic mass is 9.94. The Morgan fingerprint density at radius 3 is 2.74 bits per heavy atom. The zero-order chi connectivity index (χ0) is 27.1. The van der Waals surface area contributed by atoms with E-state index in [0.29, 0.717) is 40.5 Å². The van der Waals surface area contributed by atoms with Crippen LogP contribution in [-0.2, 0) is 16.0 Å². The topological polar surface area (TPSA) is 106 Å². The van der Waals surface area contributed by atoms with Gasteiger partial charge >= 0.3 is 5.91 Å². The molecule has 5 rings (SSSR count). The fourth-order valence-corrected chi connectivity index (χ4v) is 5.87. The van der Waals surface area contributed by atoms with Gasteiger partial charge in [-0.15, -0.1) is 0 Å². The van der Waals surface area contributed by atoms with Gasteiger partial charge in [0.05, 0.1) is 28.8 Å². The second-order valence-corrected chi connectivity index (χ2v) is 10.5. The number of nitrogens with zero attached hydrogens (tertiary/aromatic N) is 2. The van der Waals surface area contributed by atoms with Gasteiger partial charge in [0.2, 0.25) is 0 Å². The first-order valence-corrected chi connectivity index (χ1v) is 13.3. The maximum absolute atomic E-state index is 13.5. The summed E-state index contributed by atoms with van der Waals surface area (Å²) in [6.45, 7) is 7.59. The largest absolute Gasteiger partial charge is 0.507 e. The first kappa shape index (κ1) is 25.7. The Balaban J connectivity index is 1.68.